The number of rotatable bonds is 7. The Bertz CT molecular complexity index is 914. The summed E-state index contributed by atoms with van der Waals surface area (Å²) in [6.07, 6.45) is 1.09. The first kappa shape index (κ1) is 21.1. The summed E-state index contributed by atoms with van der Waals surface area (Å²) in [6.45, 7) is 4.09. The first-order chi connectivity index (χ1) is 12.6. The van der Waals surface area contributed by atoms with Crippen molar-refractivity contribution in [1.82, 2.24) is 5.32 Å². The van der Waals surface area contributed by atoms with Crippen LogP contribution in [0.3, 0.4) is 0 Å². The van der Waals surface area contributed by atoms with Gasteiger partial charge in [-0.1, -0.05) is 29.3 Å². The fourth-order valence-electron chi connectivity index (χ4n) is 2.27. The van der Waals surface area contributed by atoms with E-state index in [0.29, 0.717) is 5.69 Å². The summed E-state index contributed by atoms with van der Waals surface area (Å²) in [7, 11) is -2.02. The highest BCUT2D eigenvalue weighted by atomic mass is 35.5. The van der Waals surface area contributed by atoms with Crippen molar-refractivity contribution >= 4 is 33.2 Å². The Morgan fingerprint density at radius 2 is 1.85 bits per heavy atom. The van der Waals surface area contributed by atoms with Gasteiger partial charge in [0.05, 0.1) is 28.6 Å². The second kappa shape index (κ2) is 8.63. The van der Waals surface area contributed by atoms with Crippen LogP contribution in [0.1, 0.15) is 22.8 Å². The lowest BCUT2D eigenvalue weighted by Gasteiger charge is -2.19. The van der Waals surface area contributed by atoms with Gasteiger partial charge in [0.2, 0.25) is 10.0 Å². The van der Waals surface area contributed by atoms with E-state index >= 15 is 0 Å². The molecule has 6 nitrogen and oxygen atoms in total. The maximum atomic E-state index is 12.5. The third-order valence-electron chi connectivity index (χ3n) is 3.95. The highest BCUT2D eigenvalue weighted by Crippen LogP contribution is 2.24. The third kappa shape index (κ3) is 5.87. The van der Waals surface area contributed by atoms with E-state index in [-0.39, 0.29) is 23.2 Å². The number of nitrogens with one attached hydrogen (secondary N) is 1. The summed E-state index contributed by atoms with van der Waals surface area (Å²) in [5, 5.41) is 3.05. The molecule has 0 fully saturated rings. The van der Waals surface area contributed by atoms with Gasteiger partial charge in [0.25, 0.3) is 5.91 Å². The molecule has 1 N–H and O–H groups in total. The molecule has 2 rings (SSSR count). The standard InChI is InChI=1S/C19H23ClN2O4S/c1-13-5-8-16(9-6-13)26-12-14(2)21-19(23)17-11-15(7-10-18(17)20)22(3)27(4,24)25/h5-11,14H,12H2,1-4H3,(H,21,23). The molecule has 0 radical (unpaired) electrons. The molecule has 0 heterocycles. The molecule has 1 amide bonds. The fraction of sp³-hybridized carbons (Fsp3) is 0.316. The van der Waals surface area contributed by atoms with Crippen LogP contribution in [0.5, 0.6) is 5.75 Å². The first-order valence-electron chi connectivity index (χ1n) is 8.31. The summed E-state index contributed by atoms with van der Waals surface area (Å²) >= 11 is 6.12. The molecular formula is C19H23ClN2O4S. The summed E-state index contributed by atoms with van der Waals surface area (Å²) < 4.78 is 30.1. The molecule has 8 heteroatoms. The lowest BCUT2D eigenvalue weighted by Crippen LogP contribution is -2.37. The van der Waals surface area contributed by atoms with Crippen molar-refractivity contribution < 1.29 is 17.9 Å². The largest absolute Gasteiger partial charge is 0.491 e. The molecule has 1 unspecified atom stereocenters. The van der Waals surface area contributed by atoms with Crippen molar-refractivity contribution in [2.75, 3.05) is 24.2 Å². The number of carbonyl (C=O) groups excluding carboxylic acids is 1. The van der Waals surface area contributed by atoms with Crippen LogP contribution in [0.15, 0.2) is 42.5 Å². The molecule has 2 aromatic carbocycles. The van der Waals surface area contributed by atoms with Gasteiger partial charge >= 0.3 is 0 Å². The van der Waals surface area contributed by atoms with Crippen LogP contribution in [0.2, 0.25) is 5.02 Å². The number of hydrogen-bond donors (Lipinski definition) is 1. The Hall–Kier alpha value is -2.25. The molecular weight excluding hydrogens is 388 g/mol. The highest BCUT2D eigenvalue weighted by Gasteiger charge is 2.18. The smallest absolute Gasteiger partial charge is 0.253 e. The highest BCUT2D eigenvalue weighted by molar-refractivity contribution is 7.92. The normalized spacial score (nSPS) is 12.3. The monoisotopic (exact) mass is 410 g/mol. The molecule has 0 saturated heterocycles. The Morgan fingerprint density at radius 1 is 1.22 bits per heavy atom. The van der Waals surface area contributed by atoms with E-state index in [0.717, 1.165) is 21.9 Å². The number of sulfonamides is 1. The predicted molar refractivity (Wildman–Crippen MR) is 108 cm³/mol. The molecule has 0 aromatic heterocycles. The molecule has 0 spiro atoms. The number of anilines is 1. The summed E-state index contributed by atoms with van der Waals surface area (Å²) in [4.78, 5) is 12.5. The van der Waals surface area contributed by atoms with E-state index < -0.39 is 15.9 Å². The minimum atomic E-state index is -3.44. The number of halogens is 1. The van der Waals surface area contributed by atoms with Crippen LogP contribution in [0.25, 0.3) is 0 Å². The van der Waals surface area contributed by atoms with Gasteiger partial charge in [0.15, 0.2) is 0 Å². The van der Waals surface area contributed by atoms with Crippen LogP contribution in [-0.4, -0.2) is 40.3 Å². The molecule has 0 saturated carbocycles. The van der Waals surface area contributed by atoms with Gasteiger partial charge in [-0.25, -0.2) is 8.42 Å². The Morgan fingerprint density at radius 3 is 2.44 bits per heavy atom. The fourth-order valence-corrected chi connectivity index (χ4v) is 2.97. The van der Waals surface area contributed by atoms with Crippen molar-refractivity contribution in [2.45, 2.75) is 19.9 Å². The van der Waals surface area contributed by atoms with E-state index in [1.807, 2.05) is 38.1 Å². The number of benzene rings is 2. The van der Waals surface area contributed by atoms with Crippen molar-refractivity contribution in [3.8, 4) is 5.75 Å². The quantitative estimate of drug-likeness (QED) is 0.760. The van der Waals surface area contributed by atoms with Crippen LogP contribution in [0.4, 0.5) is 5.69 Å². The lowest BCUT2D eigenvalue weighted by molar-refractivity contribution is 0.0927. The Kier molecular flexibility index (Phi) is 6.73. The molecule has 0 aliphatic rings. The number of hydrogen-bond acceptors (Lipinski definition) is 4. The number of aryl methyl sites for hydroxylation is 1. The molecule has 0 bridgehead atoms. The van der Waals surface area contributed by atoms with E-state index in [9.17, 15) is 13.2 Å². The van der Waals surface area contributed by atoms with Gasteiger partial charge in [0, 0.05) is 7.05 Å². The van der Waals surface area contributed by atoms with E-state index in [2.05, 4.69) is 5.32 Å². The maximum Gasteiger partial charge on any atom is 0.253 e. The Labute approximate surface area is 165 Å². The summed E-state index contributed by atoms with van der Waals surface area (Å²) in [5.41, 5.74) is 1.69. The second-order valence-corrected chi connectivity index (χ2v) is 8.81. The van der Waals surface area contributed by atoms with Gasteiger partial charge in [-0.15, -0.1) is 0 Å². The van der Waals surface area contributed by atoms with Gasteiger partial charge < -0.3 is 10.1 Å². The zero-order chi connectivity index (χ0) is 20.2. The van der Waals surface area contributed by atoms with Crippen LogP contribution >= 0.6 is 11.6 Å². The van der Waals surface area contributed by atoms with Crippen molar-refractivity contribution in [3.05, 3.63) is 58.6 Å². The lowest BCUT2D eigenvalue weighted by atomic mass is 10.1. The zero-order valence-corrected chi connectivity index (χ0v) is 17.3. The summed E-state index contributed by atoms with van der Waals surface area (Å²) in [5.74, 6) is 0.320. The van der Waals surface area contributed by atoms with Gasteiger partial charge in [0.1, 0.15) is 12.4 Å². The van der Waals surface area contributed by atoms with Gasteiger partial charge in [-0.05, 0) is 44.2 Å². The molecule has 1 atom stereocenters. The summed E-state index contributed by atoms with van der Waals surface area (Å²) in [6, 6.07) is 11.9. The minimum absolute atomic E-state index is 0.201. The minimum Gasteiger partial charge on any atom is -0.491 e. The predicted octanol–water partition coefficient (Wildman–Crippen LogP) is 3.24. The third-order valence-corrected chi connectivity index (χ3v) is 5.49. The number of nitrogens with zero attached hydrogens (tertiary/aromatic N) is 1. The second-order valence-electron chi connectivity index (χ2n) is 6.39. The Balaban J connectivity index is 2.05. The van der Waals surface area contributed by atoms with Crippen molar-refractivity contribution in [1.29, 1.82) is 0 Å². The maximum absolute atomic E-state index is 12.5. The molecule has 0 aliphatic heterocycles. The molecule has 2 aromatic rings. The first-order valence-corrected chi connectivity index (χ1v) is 10.5. The van der Waals surface area contributed by atoms with Crippen LogP contribution in [0, 0.1) is 6.92 Å². The average molecular weight is 411 g/mol. The SMILES string of the molecule is Cc1ccc(OCC(C)NC(=O)c2cc(N(C)S(C)(=O)=O)ccc2Cl)cc1. The van der Waals surface area contributed by atoms with E-state index in [4.69, 9.17) is 16.3 Å². The topological polar surface area (TPSA) is 75.7 Å². The van der Waals surface area contributed by atoms with Gasteiger partial charge in [-0.3, -0.25) is 9.10 Å². The van der Waals surface area contributed by atoms with Crippen LogP contribution in [-0.2, 0) is 10.0 Å². The number of ether oxygens (including phenoxy) is 1. The molecule has 146 valence electrons. The van der Waals surface area contributed by atoms with E-state index in [1.165, 1.54) is 19.2 Å². The number of carbonyl (C=O) groups is 1. The van der Waals surface area contributed by atoms with Gasteiger partial charge in [-0.2, -0.15) is 0 Å². The average Bonchev–Trinajstić information content (AvgIpc) is 2.60. The number of amides is 1. The molecule has 27 heavy (non-hydrogen) atoms. The van der Waals surface area contributed by atoms with Crippen LogP contribution < -0.4 is 14.4 Å². The van der Waals surface area contributed by atoms with Crippen molar-refractivity contribution in [3.63, 3.8) is 0 Å². The zero-order valence-electron chi connectivity index (χ0n) is 15.7. The van der Waals surface area contributed by atoms with Crippen molar-refractivity contribution in [2.24, 2.45) is 0 Å². The van der Waals surface area contributed by atoms with E-state index in [1.54, 1.807) is 6.07 Å². The molecule has 0 aliphatic carbocycles.